The zero-order valence-corrected chi connectivity index (χ0v) is 30.1. The molecule has 0 bridgehead atoms. The minimum atomic E-state index is -1.35. The number of aromatic hydroxyl groups is 1. The summed E-state index contributed by atoms with van der Waals surface area (Å²) in [6.07, 6.45) is 4.02. The summed E-state index contributed by atoms with van der Waals surface area (Å²) in [6.45, 7) is 1.80. The highest BCUT2D eigenvalue weighted by atomic mass is 16.3. The van der Waals surface area contributed by atoms with Crippen LogP contribution in [0.5, 0.6) is 5.75 Å². The molecule has 9 rings (SSSR count). The van der Waals surface area contributed by atoms with E-state index < -0.39 is 35.0 Å². The zero-order chi connectivity index (χ0) is 38.0. The van der Waals surface area contributed by atoms with E-state index in [0.717, 1.165) is 11.1 Å². The third kappa shape index (κ3) is 5.21. The number of anilines is 1. The summed E-state index contributed by atoms with van der Waals surface area (Å²) < 4.78 is 0. The van der Waals surface area contributed by atoms with E-state index >= 15 is 9.59 Å². The molecule has 0 radical (unpaired) electrons. The van der Waals surface area contributed by atoms with Crippen molar-refractivity contribution in [3.63, 3.8) is 0 Å². The van der Waals surface area contributed by atoms with E-state index in [-0.39, 0.29) is 41.3 Å². The van der Waals surface area contributed by atoms with Crippen molar-refractivity contribution in [2.24, 2.45) is 23.7 Å². The average Bonchev–Trinajstić information content (AvgIpc) is 3.48. The summed E-state index contributed by atoms with van der Waals surface area (Å²) >= 11 is 0. The van der Waals surface area contributed by atoms with Crippen molar-refractivity contribution in [1.29, 1.82) is 0 Å². The van der Waals surface area contributed by atoms with Gasteiger partial charge in [-0.1, -0.05) is 115 Å². The first-order valence-corrected chi connectivity index (χ1v) is 18.7. The van der Waals surface area contributed by atoms with E-state index in [2.05, 4.69) is 0 Å². The summed E-state index contributed by atoms with van der Waals surface area (Å²) in [5.41, 5.74) is 3.94. The highest BCUT2D eigenvalue weighted by molar-refractivity contribution is 6.32. The van der Waals surface area contributed by atoms with E-state index in [0.29, 0.717) is 45.5 Å². The van der Waals surface area contributed by atoms with Gasteiger partial charge in [0.2, 0.25) is 11.8 Å². The number of Topliss-reactive ketones (excluding diaryl/α,β-unsaturated/α-hetero) is 1. The fourth-order valence-corrected chi connectivity index (χ4v) is 9.88. The number of hydrogen-bond donors (Lipinski definition) is 1. The number of phenols is 1. The first-order chi connectivity index (χ1) is 26.7. The average molecular weight is 724 g/mol. The molecular weight excluding hydrogens is 687 g/mol. The number of carbonyl (C=O) groups excluding carboxylic acids is 5. The van der Waals surface area contributed by atoms with Crippen LogP contribution in [0.4, 0.5) is 5.69 Å². The Labute approximate surface area is 318 Å². The Balaban J connectivity index is 1.17. The molecule has 1 saturated heterocycles. The number of aryl methyl sites for hydroxylation is 1. The number of rotatable bonds is 6. The molecule has 7 heteroatoms. The van der Waals surface area contributed by atoms with E-state index in [4.69, 9.17) is 0 Å². The van der Waals surface area contributed by atoms with Crippen LogP contribution >= 0.6 is 0 Å². The van der Waals surface area contributed by atoms with Crippen molar-refractivity contribution < 1.29 is 29.1 Å². The van der Waals surface area contributed by atoms with Crippen molar-refractivity contribution in [1.82, 2.24) is 0 Å². The SMILES string of the molecule is Cc1cc(C2C3=CCC4C(=O)N(c5ccc(C(=O)c6ccccc6)cc5)C(=O)C4C3CC3C(=O)C(c4ccccc4)=CC(=O)C32c2ccccc2)ccc1O. The molecule has 5 aromatic rings. The van der Waals surface area contributed by atoms with Gasteiger partial charge in [-0.3, -0.25) is 28.9 Å². The Bertz CT molecular complexity index is 2470. The number of hydrogen-bond acceptors (Lipinski definition) is 6. The molecule has 1 saturated carbocycles. The van der Waals surface area contributed by atoms with Crippen LogP contribution in [0.2, 0.25) is 0 Å². The number of ketones is 3. The largest absolute Gasteiger partial charge is 0.508 e. The van der Waals surface area contributed by atoms with Gasteiger partial charge in [-0.15, -0.1) is 0 Å². The summed E-state index contributed by atoms with van der Waals surface area (Å²) in [5, 5.41) is 10.6. The maximum atomic E-state index is 15.2. The van der Waals surface area contributed by atoms with Crippen molar-refractivity contribution in [2.75, 3.05) is 4.90 Å². The number of carbonyl (C=O) groups is 5. The molecule has 55 heavy (non-hydrogen) atoms. The minimum absolute atomic E-state index is 0.111. The summed E-state index contributed by atoms with van der Waals surface area (Å²) in [5.74, 6) is -4.56. The first-order valence-electron chi connectivity index (χ1n) is 18.7. The molecule has 1 heterocycles. The highest BCUT2D eigenvalue weighted by Gasteiger charge is 2.66. The Morgan fingerprint density at radius 3 is 2.04 bits per heavy atom. The Morgan fingerprint density at radius 2 is 1.36 bits per heavy atom. The lowest BCUT2D eigenvalue weighted by Crippen LogP contribution is -2.58. The standard InChI is InChI=1S/C48H37NO6/c1-28-25-32(19-24-40(28)50)43-35-22-23-36-42(47(55)49(46(36)54)34-20-17-31(18-21-34)44(52)30-13-7-3-8-14-30)38(35)26-39-45(53)37(29-11-5-2-6-12-29)27-41(51)48(39,43)33-15-9-4-10-16-33/h2-22,24-25,27,36,38-39,42-43,50H,23,26H2,1H3. The monoisotopic (exact) mass is 723 g/mol. The van der Waals surface area contributed by atoms with Crippen LogP contribution < -0.4 is 4.90 Å². The van der Waals surface area contributed by atoms with Crippen LogP contribution in [0.1, 0.15) is 56.9 Å². The lowest BCUT2D eigenvalue weighted by molar-refractivity contribution is -0.135. The Hall–Kier alpha value is -6.47. The molecular formula is C48H37NO6. The molecule has 6 atom stereocenters. The van der Waals surface area contributed by atoms with Crippen LogP contribution in [-0.4, -0.2) is 34.3 Å². The maximum absolute atomic E-state index is 15.2. The highest BCUT2D eigenvalue weighted by Crippen LogP contribution is 2.64. The molecule has 5 aromatic carbocycles. The van der Waals surface area contributed by atoms with Gasteiger partial charge in [-0.2, -0.15) is 0 Å². The van der Waals surface area contributed by atoms with E-state index in [1.54, 1.807) is 61.5 Å². The van der Waals surface area contributed by atoms with Gasteiger partial charge in [-0.05, 0) is 84.3 Å². The molecule has 3 aliphatic carbocycles. The van der Waals surface area contributed by atoms with Crippen LogP contribution in [0.15, 0.2) is 151 Å². The topological polar surface area (TPSA) is 109 Å². The molecule has 1 aliphatic heterocycles. The quantitative estimate of drug-likeness (QED) is 0.108. The maximum Gasteiger partial charge on any atom is 0.238 e. The first kappa shape index (κ1) is 34.3. The third-order valence-electron chi connectivity index (χ3n) is 12.4. The van der Waals surface area contributed by atoms with Crippen molar-refractivity contribution in [2.45, 2.75) is 31.1 Å². The van der Waals surface area contributed by atoms with Gasteiger partial charge in [-0.25, -0.2) is 0 Å². The number of nitrogens with zero attached hydrogens (tertiary/aromatic N) is 1. The predicted molar refractivity (Wildman–Crippen MR) is 208 cm³/mol. The lowest BCUT2D eigenvalue weighted by atomic mass is 9.44. The van der Waals surface area contributed by atoms with E-state index in [9.17, 15) is 19.5 Å². The second kappa shape index (κ2) is 13.1. The molecule has 6 unspecified atom stereocenters. The second-order valence-corrected chi connectivity index (χ2v) is 15.1. The molecule has 1 N–H and O–H groups in total. The number of imide groups is 1. The smallest absolute Gasteiger partial charge is 0.238 e. The molecule has 7 nitrogen and oxygen atoms in total. The predicted octanol–water partition coefficient (Wildman–Crippen LogP) is 7.96. The number of benzene rings is 5. The van der Waals surface area contributed by atoms with Crippen molar-refractivity contribution >= 4 is 40.4 Å². The number of phenolic OH excluding ortho intramolecular Hbond substituents is 1. The minimum Gasteiger partial charge on any atom is -0.508 e. The number of amides is 2. The van der Waals surface area contributed by atoms with Crippen molar-refractivity contribution in [3.05, 3.63) is 185 Å². The number of allylic oxidation sites excluding steroid dienone is 4. The molecule has 4 aliphatic rings. The van der Waals surface area contributed by atoms with E-state index in [1.807, 2.05) is 84.9 Å². The van der Waals surface area contributed by atoms with Gasteiger partial charge in [0.1, 0.15) is 5.75 Å². The van der Waals surface area contributed by atoms with Gasteiger partial charge >= 0.3 is 0 Å². The van der Waals surface area contributed by atoms with Crippen LogP contribution in [0.25, 0.3) is 5.57 Å². The Kier molecular flexibility index (Phi) is 8.19. The lowest BCUT2D eigenvalue weighted by Gasteiger charge is -2.55. The van der Waals surface area contributed by atoms with Crippen LogP contribution in [0.3, 0.4) is 0 Å². The van der Waals surface area contributed by atoms with Crippen LogP contribution in [0, 0.1) is 30.6 Å². The van der Waals surface area contributed by atoms with Gasteiger partial charge < -0.3 is 5.11 Å². The summed E-state index contributed by atoms with van der Waals surface area (Å²) in [6, 6.07) is 39.4. The molecule has 270 valence electrons. The normalized spacial score (nSPS) is 25.8. The zero-order valence-electron chi connectivity index (χ0n) is 30.1. The van der Waals surface area contributed by atoms with Gasteiger partial charge in [0.25, 0.3) is 0 Å². The third-order valence-corrected chi connectivity index (χ3v) is 12.4. The second-order valence-electron chi connectivity index (χ2n) is 15.1. The fourth-order valence-electron chi connectivity index (χ4n) is 9.88. The van der Waals surface area contributed by atoms with Crippen LogP contribution in [-0.2, 0) is 24.6 Å². The van der Waals surface area contributed by atoms with E-state index in [1.165, 1.54) is 11.0 Å². The van der Waals surface area contributed by atoms with Gasteiger partial charge in [0.05, 0.1) is 22.9 Å². The van der Waals surface area contributed by atoms with Gasteiger partial charge in [0.15, 0.2) is 17.3 Å². The Morgan fingerprint density at radius 1 is 0.727 bits per heavy atom. The van der Waals surface area contributed by atoms with Crippen molar-refractivity contribution in [3.8, 4) is 5.75 Å². The summed E-state index contributed by atoms with van der Waals surface area (Å²) in [4.78, 5) is 73.7. The van der Waals surface area contributed by atoms with Gasteiger partial charge in [0, 0.05) is 28.5 Å². The molecule has 0 spiro atoms. The molecule has 2 fully saturated rings. The number of fused-ring (bicyclic) bond motifs is 4. The molecule has 2 amide bonds. The molecule has 0 aromatic heterocycles. The fraction of sp³-hybridized carbons (Fsp3) is 0.188. The summed E-state index contributed by atoms with van der Waals surface area (Å²) in [7, 11) is 0.